The van der Waals surface area contributed by atoms with Crippen LogP contribution in [0.2, 0.25) is 0 Å². The van der Waals surface area contributed by atoms with Gasteiger partial charge < -0.3 is 9.32 Å². The van der Waals surface area contributed by atoms with E-state index in [1.165, 1.54) is 0 Å². The number of rotatable bonds is 3. The van der Waals surface area contributed by atoms with Crippen LogP contribution in [0.1, 0.15) is 47.1 Å². The van der Waals surface area contributed by atoms with Gasteiger partial charge in [-0.15, -0.1) is 0 Å². The fourth-order valence-corrected chi connectivity index (χ4v) is 3.51. The van der Waals surface area contributed by atoms with Crippen molar-refractivity contribution in [3.63, 3.8) is 0 Å². The van der Waals surface area contributed by atoms with E-state index in [1.54, 1.807) is 23.4 Å². The van der Waals surface area contributed by atoms with Crippen LogP contribution in [0.3, 0.4) is 0 Å². The zero-order chi connectivity index (χ0) is 17.6. The summed E-state index contributed by atoms with van der Waals surface area (Å²) < 4.78 is 5.87. The lowest BCUT2D eigenvalue weighted by Gasteiger charge is -2.23. The Morgan fingerprint density at radius 2 is 1.88 bits per heavy atom. The maximum absolute atomic E-state index is 13.2. The van der Waals surface area contributed by atoms with Crippen LogP contribution in [0.25, 0.3) is 11.0 Å². The lowest BCUT2D eigenvalue weighted by molar-refractivity contribution is 0.0737. The summed E-state index contributed by atoms with van der Waals surface area (Å²) in [6.45, 7) is 4.43. The Labute approximate surface area is 144 Å². The van der Waals surface area contributed by atoms with Crippen molar-refractivity contribution in [3.8, 4) is 0 Å². The van der Waals surface area contributed by atoms with Gasteiger partial charge in [0.2, 0.25) is 5.76 Å². The second-order valence-corrected chi connectivity index (χ2v) is 6.13. The molecule has 3 aromatic rings. The van der Waals surface area contributed by atoms with E-state index in [1.807, 2.05) is 38.1 Å². The summed E-state index contributed by atoms with van der Waals surface area (Å²) in [5.74, 6) is -0.0803. The van der Waals surface area contributed by atoms with E-state index < -0.39 is 6.04 Å². The molecule has 1 amide bonds. The Kier molecular flexibility index (Phi) is 3.64. The van der Waals surface area contributed by atoms with Crippen LogP contribution in [-0.4, -0.2) is 22.3 Å². The minimum absolute atomic E-state index is 0.127. The predicted octanol–water partition coefficient (Wildman–Crippen LogP) is 3.32. The number of fused-ring (bicyclic) bond motifs is 2. The first-order valence-corrected chi connectivity index (χ1v) is 8.46. The molecule has 0 saturated heterocycles. The molecule has 0 aliphatic carbocycles. The molecule has 0 radical (unpaired) electrons. The van der Waals surface area contributed by atoms with E-state index in [4.69, 9.17) is 4.42 Å². The molecular weight excluding hydrogens is 316 g/mol. The van der Waals surface area contributed by atoms with Gasteiger partial charge in [-0.3, -0.25) is 14.6 Å². The van der Waals surface area contributed by atoms with Crippen LogP contribution in [0.5, 0.6) is 0 Å². The number of carbonyl (C=O) groups excluding carboxylic acids is 1. The van der Waals surface area contributed by atoms with E-state index in [0.29, 0.717) is 23.1 Å². The first-order chi connectivity index (χ1) is 12.2. The molecule has 0 saturated carbocycles. The highest BCUT2D eigenvalue weighted by Crippen LogP contribution is 2.37. The number of hydrogen-bond acceptors (Lipinski definition) is 4. The fourth-order valence-electron chi connectivity index (χ4n) is 3.51. The number of pyridine rings is 1. The van der Waals surface area contributed by atoms with Crippen molar-refractivity contribution in [3.05, 3.63) is 75.4 Å². The van der Waals surface area contributed by atoms with Gasteiger partial charge in [-0.05, 0) is 48.7 Å². The fraction of sp³-hybridized carbons (Fsp3) is 0.250. The minimum Gasteiger partial charge on any atom is -0.450 e. The molecule has 4 rings (SSSR count). The van der Waals surface area contributed by atoms with Crippen molar-refractivity contribution in [2.75, 3.05) is 6.54 Å². The zero-order valence-electron chi connectivity index (χ0n) is 14.2. The number of carbonyl (C=O) groups is 1. The highest BCUT2D eigenvalue weighted by molar-refractivity contribution is 5.99. The van der Waals surface area contributed by atoms with E-state index in [-0.39, 0.29) is 17.1 Å². The zero-order valence-corrected chi connectivity index (χ0v) is 14.2. The first kappa shape index (κ1) is 15.6. The monoisotopic (exact) mass is 334 g/mol. The highest BCUT2D eigenvalue weighted by atomic mass is 16.3. The molecule has 0 fully saturated rings. The molecule has 5 heteroatoms. The first-order valence-electron chi connectivity index (χ1n) is 8.46. The Morgan fingerprint density at radius 1 is 1.12 bits per heavy atom. The number of hydrogen-bond donors (Lipinski definition) is 0. The lowest BCUT2D eigenvalue weighted by Crippen LogP contribution is -2.29. The van der Waals surface area contributed by atoms with Crippen LogP contribution >= 0.6 is 0 Å². The Morgan fingerprint density at radius 3 is 2.56 bits per heavy atom. The Balaban J connectivity index is 2.03. The lowest BCUT2D eigenvalue weighted by atomic mass is 9.99. The second-order valence-electron chi connectivity index (χ2n) is 6.13. The van der Waals surface area contributed by atoms with Crippen LogP contribution in [0.15, 0.2) is 51.9 Å². The standard InChI is InChI=1S/C20H18N2O3/c1-3-12-5-6-15-14(11-12)18(23)16-17(13-7-9-21-10-8-13)22(4-2)20(24)19(16)25-15/h5-11,17H,3-4H2,1-2H3. The van der Waals surface area contributed by atoms with Crippen molar-refractivity contribution >= 4 is 16.9 Å². The third-order valence-corrected chi connectivity index (χ3v) is 4.80. The third-order valence-electron chi connectivity index (χ3n) is 4.80. The van der Waals surface area contributed by atoms with Gasteiger partial charge in [0.25, 0.3) is 5.91 Å². The number of nitrogens with zero attached hydrogens (tertiary/aromatic N) is 2. The summed E-state index contributed by atoms with van der Waals surface area (Å²) in [4.78, 5) is 31.7. The Bertz CT molecular complexity index is 1020. The summed E-state index contributed by atoms with van der Waals surface area (Å²) >= 11 is 0. The number of benzene rings is 1. The molecule has 0 bridgehead atoms. The molecular formula is C20H18N2O3. The van der Waals surface area contributed by atoms with E-state index in [0.717, 1.165) is 17.5 Å². The molecule has 0 N–H and O–H groups in total. The summed E-state index contributed by atoms with van der Waals surface area (Å²) in [5, 5.41) is 0.530. The summed E-state index contributed by atoms with van der Waals surface area (Å²) in [7, 11) is 0. The molecule has 1 unspecified atom stereocenters. The second kappa shape index (κ2) is 5.84. The van der Waals surface area contributed by atoms with E-state index in [2.05, 4.69) is 4.98 Å². The van der Waals surface area contributed by atoms with Crippen molar-refractivity contribution in [2.24, 2.45) is 0 Å². The molecule has 0 spiro atoms. The molecule has 2 aromatic heterocycles. The van der Waals surface area contributed by atoms with E-state index in [9.17, 15) is 9.59 Å². The van der Waals surface area contributed by atoms with Crippen LogP contribution in [-0.2, 0) is 6.42 Å². The highest BCUT2D eigenvalue weighted by Gasteiger charge is 2.41. The maximum atomic E-state index is 13.2. The van der Waals surface area contributed by atoms with E-state index >= 15 is 0 Å². The van der Waals surface area contributed by atoms with Crippen molar-refractivity contribution in [2.45, 2.75) is 26.3 Å². The van der Waals surface area contributed by atoms with Crippen LogP contribution in [0, 0.1) is 0 Å². The van der Waals surface area contributed by atoms with Crippen LogP contribution < -0.4 is 5.43 Å². The molecule has 5 nitrogen and oxygen atoms in total. The van der Waals surface area contributed by atoms with Crippen molar-refractivity contribution < 1.29 is 9.21 Å². The maximum Gasteiger partial charge on any atom is 0.290 e. The largest absolute Gasteiger partial charge is 0.450 e. The smallest absolute Gasteiger partial charge is 0.290 e. The average molecular weight is 334 g/mol. The van der Waals surface area contributed by atoms with Gasteiger partial charge in [-0.25, -0.2) is 0 Å². The number of aryl methyl sites for hydroxylation is 1. The quantitative estimate of drug-likeness (QED) is 0.737. The van der Waals surface area contributed by atoms with Gasteiger partial charge in [0.05, 0.1) is 17.0 Å². The van der Waals surface area contributed by atoms with Crippen molar-refractivity contribution in [1.29, 1.82) is 0 Å². The van der Waals surface area contributed by atoms with Gasteiger partial charge in [0.1, 0.15) is 5.58 Å². The minimum atomic E-state index is -0.429. The van der Waals surface area contributed by atoms with Gasteiger partial charge in [0.15, 0.2) is 5.43 Å². The normalized spacial score (nSPS) is 16.5. The molecule has 1 aliphatic rings. The van der Waals surface area contributed by atoms with Gasteiger partial charge in [-0.1, -0.05) is 13.0 Å². The summed E-state index contributed by atoms with van der Waals surface area (Å²) in [5.41, 5.74) is 2.69. The molecule has 1 atom stereocenters. The number of aromatic nitrogens is 1. The number of amides is 1. The van der Waals surface area contributed by atoms with Gasteiger partial charge in [-0.2, -0.15) is 0 Å². The van der Waals surface area contributed by atoms with Gasteiger partial charge >= 0.3 is 0 Å². The SMILES string of the molecule is CCc1ccc2oc3c(c(=O)c2c1)C(c1ccncc1)N(CC)C3=O. The summed E-state index contributed by atoms with van der Waals surface area (Å²) in [6, 6.07) is 8.81. The molecule has 25 heavy (non-hydrogen) atoms. The molecule has 3 heterocycles. The summed E-state index contributed by atoms with van der Waals surface area (Å²) in [6.07, 6.45) is 4.17. The Hall–Kier alpha value is -2.95. The molecule has 1 aromatic carbocycles. The van der Waals surface area contributed by atoms with Crippen LogP contribution in [0.4, 0.5) is 0 Å². The third kappa shape index (κ3) is 2.27. The average Bonchev–Trinajstić information content (AvgIpc) is 2.94. The predicted molar refractivity (Wildman–Crippen MR) is 94.7 cm³/mol. The van der Waals surface area contributed by atoms with Gasteiger partial charge in [0, 0.05) is 18.9 Å². The molecule has 126 valence electrons. The molecule has 1 aliphatic heterocycles. The topological polar surface area (TPSA) is 63.4 Å². The van der Waals surface area contributed by atoms with Crippen molar-refractivity contribution in [1.82, 2.24) is 9.88 Å².